The normalized spacial score (nSPS) is 17.2. The summed E-state index contributed by atoms with van der Waals surface area (Å²) in [5, 5.41) is 11.0. The molecule has 2 aliphatic heterocycles. The number of fused-ring (bicyclic) bond motifs is 2. The second-order valence-electron chi connectivity index (χ2n) is 7.80. The van der Waals surface area contributed by atoms with E-state index in [1.807, 2.05) is 24.3 Å². The number of rotatable bonds is 6. The monoisotopic (exact) mass is 419 g/mol. The van der Waals surface area contributed by atoms with Gasteiger partial charge in [0.05, 0.1) is 12.7 Å². The molecule has 31 heavy (non-hydrogen) atoms. The number of carbonyl (C=O) groups is 1. The molecule has 8 nitrogen and oxygen atoms in total. The van der Waals surface area contributed by atoms with Gasteiger partial charge in [0.1, 0.15) is 6.61 Å². The Morgan fingerprint density at radius 3 is 2.90 bits per heavy atom. The average Bonchev–Trinajstić information content (AvgIpc) is 3.28. The summed E-state index contributed by atoms with van der Waals surface area (Å²) in [7, 11) is 0. The van der Waals surface area contributed by atoms with Crippen LogP contribution in [-0.4, -0.2) is 53.2 Å². The molecule has 1 atom stereocenters. The fourth-order valence-corrected chi connectivity index (χ4v) is 4.09. The Bertz CT molecular complexity index is 1070. The van der Waals surface area contributed by atoms with Crippen molar-refractivity contribution in [3.8, 4) is 11.5 Å². The van der Waals surface area contributed by atoms with Crippen LogP contribution in [0.2, 0.25) is 0 Å². The van der Waals surface area contributed by atoms with Crippen LogP contribution in [0.4, 0.5) is 5.69 Å². The summed E-state index contributed by atoms with van der Waals surface area (Å²) < 4.78 is 13.3. The minimum atomic E-state index is -0.220. The third-order valence-electron chi connectivity index (χ3n) is 5.60. The molecule has 0 aliphatic carbocycles. The molecule has 1 aromatic heterocycles. The molecule has 0 bridgehead atoms. The maximum Gasteiger partial charge on any atom is 0.273 e. The molecule has 2 aromatic carbocycles. The smallest absolute Gasteiger partial charge is 0.273 e. The lowest BCUT2D eigenvalue weighted by Crippen LogP contribution is -2.37. The van der Waals surface area contributed by atoms with Crippen molar-refractivity contribution in [2.75, 3.05) is 31.1 Å². The van der Waals surface area contributed by atoms with Gasteiger partial charge in [-0.25, -0.2) is 4.68 Å². The van der Waals surface area contributed by atoms with E-state index in [4.69, 9.17) is 9.47 Å². The van der Waals surface area contributed by atoms with Gasteiger partial charge >= 0.3 is 0 Å². The summed E-state index contributed by atoms with van der Waals surface area (Å²) in [6.07, 6.45) is 3.71. The van der Waals surface area contributed by atoms with Gasteiger partial charge in [-0.05, 0) is 36.6 Å². The number of hydrogen-bond donors (Lipinski definition) is 1. The van der Waals surface area contributed by atoms with Gasteiger partial charge in [0, 0.05) is 25.3 Å². The minimum Gasteiger partial charge on any atom is -0.486 e. The molecule has 1 N–H and O–H groups in total. The second-order valence-corrected chi connectivity index (χ2v) is 7.80. The number of benzene rings is 2. The average molecular weight is 419 g/mol. The van der Waals surface area contributed by atoms with E-state index in [0.29, 0.717) is 25.4 Å². The van der Waals surface area contributed by atoms with Crippen LogP contribution in [0.25, 0.3) is 0 Å². The Labute approximate surface area is 180 Å². The van der Waals surface area contributed by atoms with Crippen molar-refractivity contribution in [2.24, 2.45) is 0 Å². The first kappa shape index (κ1) is 19.4. The number of nitrogens with one attached hydrogen (secondary N) is 1. The number of aromatic nitrogens is 3. The van der Waals surface area contributed by atoms with Gasteiger partial charge in [-0.3, -0.25) is 4.79 Å². The van der Waals surface area contributed by atoms with E-state index in [-0.39, 0.29) is 12.0 Å². The summed E-state index contributed by atoms with van der Waals surface area (Å²) in [6, 6.07) is 16.0. The van der Waals surface area contributed by atoms with Crippen molar-refractivity contribution in [3.63, 3.8) is 0 Å². The van der Waals surface area contributed by atoms with Gasteiger partial charge in [0.2, 0.25) is 0 Å². The number of hydrogen-bond acceptors (Lipinski definition) is 6. The molecule has 0 radical (unpaired) electrons. The Hall–Kier alpha value is -3.55. The number of aryl methyl sites for hydroxylation is 1. The summed E-state index contributed by atoms with van der Waals surface area (Å²) in [5.74, 6) is 1.24. The molecule has 160 valence electrons. The first-order valence-corrected chi connectivity index (χ1v) is 10.7. The van der Waals surface area contributed by atoms with Crippen molar-refractivity contribution < 1.29 is 14.3 Å². The van der Waals surface area contributed by atoms with Crippen molar-refractivity contribution in [1.29, 1.82) is 0 Å². The van der Waals surface area contributed by atoms with E-state index in [9.17, 15) is 4.79 Å². The summed E-state index contributed by atoms with van der Waals surface area (Å²) in [5.41, 5.74) is 2.95. The Kier molecular flexibility index (Phi) is 5.43. The number of ether oxygens (including phenoxy) is 2. The van der Waals surface area contributed by atoms with Crippen LogP contribution in [0.15, 0.2) is 54.7 Å². The van der Waals surface area contributed by atoms with Gasteiger partial charge < -0.3 is 19.7 Å². The highest BCUT2D eigenvalue weighted by atomic mass is 16.6. The molecular formula is C23H25N5O3. The van der Waals surface area contributed by atoms with E-state index < -0.39 is 0 Å². The zero-order valence-electron chi connectivity index (χ0n) is 17.2. The molecule has 0 spiro atoms. The zero-order valence-corrected chi connectivity index (χ0v) is 17.2. The van der Waals surface area contributed by atoms with Crippen molar-refractivity contribution in [3.05, 3.63) is 66.0 Å². The third kappa shape index (κ3) is 4.33. The molecule has 0 saturated heterocycles. The van der Waals surface area contributed by atoms with E-state index in [2.05, 4.69) is 44.8 Å². The Morgan fingerprint density at radius 2 is 1.97 bits per heavy atom. The van der Waals surface area contributed by atoms with Crippen LogP contribution in [0.5, 0.6) is 11.5 Å². The molecule has 0 unspecified atom stereocenters. The maximum atomic E-state index is 12.5. The van der Waals surface area contributed by atoms with Crippen LogP contribution in [0.1, 0.15) is 22.5 Å². The first-order chi connectivity index (χ1) is 15.3. The molecule has 3 aromatic rings. The van der Waals surface area contributed by atoms with E-state index >= 15 is 0 Å². The van der Waals surface area contributed by atoms with Crippen molar-refractivity contribution in [2.45, 2.75) is 25.5 Å². The van der Waals surface area contributed by atoms with Gasteiger partial charge in [-0.2, -0.15) is 0 Å². The van der Waals surface area contributed by atoms with Crippen LogP contribution in [-0.2, 0) is 13.0 Å². The van der Waals surface area contributed by atoms with Crippen molar-refractivity contribution in [1.82, 2.24) is 20.3 Å². The lowest BCUT2D eigenvalue weighted by Gasteiger charge is -2.31. The molecule has 2 aliphatic rings. The molecule has 1 amide bonds. The molecule has 3 heterocycles. The summed E-state index contributed by atoms with van der Waals surface area (Å²) in [4.78, 5) is 14.8. The second kappa shape index (κ2) is 8.67. The Morgan fingerprint density at radius 1 is 1.13 bits per heavy atom. The topological polar surface area (TPSA) is 81.5 Å². The van der Waals surface area contributed by atoms with Crippen LogP contribution >= 0.6 is 0 Å². The molecule has 0 saturated carbocycles. The lowest BCUT2D eigenvalue weighted by molar-refractivity contribution is 0.0754. The summed E-state index contributed by atoms with van der Waals surface area (Å²) >= 11 is 0. The van der Waals surface area contributed by atoms with Gasteiger partial charge in [0.25, 0.3) is 5.91 Å². The van der Waals surface area contributed by atoms with E-state index in [1.54, 1.807) is 10.9 Å². The highest BCUT2D eigenvalue weighted by molar-refractivity contribution is 5.91. The predicted molar refractivity (Wildman–Crippen MR) is 116 cm³/mol. The molecule has 5 rings (SSSR count). The van der Waals surface area contributed by atoms with E-state index in [1.165, 1.54) is 11.3 Å². The first-order valence-electron chi connectivity index (χ1n) is 10.7. The number of amides is 1. The van der Waals surface area contributed by atoms with Crippen molar-refractivity contribution >= 4 is 11.6 Å². The number of carbonyl (C=O) groups excluding carboxylic acids is 1. The SMILES string of the molecule is O=C(NCCN1CCCc2ccccc21)c1cn(C[C@H]2COc3ccccc3O2)nn1. The van der Waals surface area contributed by atoms with Crippen LogP contribution in [0, 0.1) is 0 Å². The fraction of sp³-hybridized carbons (Fsp3) is 0.348. The van der Waals surface area contributed by atoms with Crippen LogP contribution in [0.3, 0.4) is 0 Å². The highest BCUT2D eigenvalue weighted by Gasteiger charge is 2.22. The molecular weight excluding hydrogens is 394 g/mol. The minimum absolute atomic E-state index is 0.188. The largest absolute Gasteiger partial charge is 0.486 e. The zero-order chi connectivity index (χ0) is 21.0. The number of para-hydroxylation sites is 3. The highest BCUT2D eigenvalue weighted by Crippen LogP contribution is 2.31. The molecule has 8 heteroatoms. The fourth-order valence-electron chi connectivity index (χ4n) is 4.09. The van der Waals surface area contributed by atoms with E-state index in [0.717, 1.165) is 37.4 Å². The number of anilines is 1. The van der Waals surface area contributed by atoms with Gasteiger partial charge in [-0.15, -0.1) is 5.10 Å². The molecule has 0 fully saturated rings. The van der Waals surface area contributed by atoms with Crippen LogP contribution < -0.4 is 19.7 Å². The maximum absolute atomic E-state index is 12.5. The van der Waals surface area contributed by atoms with Gasteiger partial charge in [-0.1, -0.05) is 35.5 Å². The Balaban J connectivity index is 1.13. The summed E-state index contributed by atoms with van der Waals surface area (Å²) in [6.45, 7) is 3.21. The number of nitrogens with zero attached hydrogens (tertiary/aromatic N) is 4. The lowest BCUT2D eigenvalue weighted by atomic mass is 10.0. The van der Waals surface area contributed by atoms with Gasteiger partial charge in [0.15, 0.2) is 23.3 Å². The predicted octanol–water partition coefficient (Wildman–Crippen LogP) is 2.30. The quantitative estimate of drug-likeness (QED) is 0.660. The standard InChI is InChI=1S/C23H25N5O3/c29-23(24-11-13-27-12-5-7-17-6-1-2-8-20(17)27)19-15-28(26-25-19)14-18-16-30-21-9-3-4-10-22(21)31-18/h1-4,6,8-10,15,18H,5,7,11-14,16H2,(H,24,29)/t18-/m0/s1. The third-order valence-corrected chi connectivity index (χ3v) is 5.60.